The summed E-state index contributed by atoms with van der Waals surface area (Å²) in [6, 6.07) is 7.00. The Morgan fingerprint density at radius 1 is 1.09 bits per heavy atom. The number of ether oxygens (including phenoxy) is 1. The normalized spacial score (nSPS) is 34.2. The number of methoxy groups -OCH3 is 1. The smallest absolute Gasteiger partial charge is 0.337 e. The van der Waals surface area contributed by atoms with Crippen LogP contribution in [0.15, 0.2) is 35.9 Å². The fraction of sp³-hybridized carbons (Fsp3) is 0.643. The summed E-state index contributed by atoms with van der Waals surface area (Å²) in [5.74, 6) is 2.30. The molecular weight excluding hydrogens is 398 g/mol. The largest absolute Gasteiger partial charge is 0.465 e. The summed E-state index contributed by atoms with van der Waals surface area (Å²) in [7, 11) is 1.37. The first-order valence-corrected chi connectivity index (χ1v) is 12.4. The number of hydrogen-bond acceptors (Lipinski definition) is 3. The molecule has 0 heterocycles. The molecule has 4 rings (SSSR count). The van der Waals surface area contributed by atoms with Crippen molar-refractivity contribution in [2.45, 2.75) is 72.6 Å². The van der Waals surface area contributed by atoms with Crippen LogP contribution in [0.4, 0.5) is 5.69 Å². The Hall–Kier alpha value is -2.10. The number of esters is 1. The molecule has 0 aliphatic heterocycles. The van der Waals surface area contributed by atoms with Gasteiger partial charge in [-0.05, 0) is 91.9 Å². The molecule has 4 heteroatoms. The maximum atomic E-state index is 13.6. The zero-order valence-corrected chi connectivity index (χ0v) is 20.4. The number of fused-ring (bicyclic) bond motifs is 3. The number of carbonyl (C=O) groups is 2. The van der Waals surface area contributed by atoms with E-state index in [1.807, 2.05) is 0 Å². The van der Waals surface area contributed by atoms with Crippen molar-refractivity contribution in [2.75, 3.05) is 12.4 Å². The van der Waals surface area contributed by atoms with Gasteiger partial charge >= 0.3 is 5.97 Å². The van der Waals surface area contributed by atoms with Gasteiger partial charge in [-0.15, -0.1) is 0 Å². The van der Waals surface area contributed by atoms with E-state index >= 15 is 0 Å². The van der Waals surface area contributed by atoms with Crippen LogP contribution in [0.3, 0.4) is 0 Å². The van der Waals surface area contributed by atoms with Crippen LogP contribution in [0.5, 0.6) is 0 Å². The van der Waals surface area contributed by atoms with Crippen molar-refractivity contribution in [2.24, 2.45) is 34.5 Å². The third-order valence-electron chi connectivity index (χ3n) is 9.19. The summed E-state index contributed by atoms with van der Waals surface area (Å²) in [6.07, 6.45) is 10.6. The summed E-state index contributed by atoms with van der Waals surface area (Å²) in [5.41, 5.74) is 2.72. The highest BCUT2D eigenvalue weighted by atomic mass is 16.5. The molecule has 1 amide bonds. The minimum absolute atomic E-state index is 0.118. The van der Waals surface area contributed by atoms with Crippen molar-refractivity contribution < 1.29 is 14.3 Å². The quantitative estimate of drug-likeness (QED) is 0.425. The summed E-state index contributed by atoms with van der Waals surface area (Å²) in [6.45, 7) is 9.38. The lowest BCUT2D eigenvalue weighted by molar-refractivity contribution is -0.139. The van der Waals surface area contributed by atoms with Gasteiger partial charge in [0.05, 0.1) is 18.1 Å². The van der Waals surface area contributed by atoms with Crippen molar-refractivity contribution in [1.29, 1.82) is 0 Å². The first-order valence-electron chi connectivity index (χ1n) is 12.4. The van der Waals surface area contributed by atoms with Gasteiger partial charge in [0.1, 0.15) is 0 Å². The highest BCUT2D eigenvalue weighted by Gasteiger charge is 2.57. The number of nitrogens with one attached hydrogen (secondary N) is 1. The molecule has 2 fully saturated rings. The van der Waals surface area contributed by atoms with E-state index in [4.69, 9.17) is 4.74 Å². The fourth-order valence-corrected chi connectivity index (χ4v) is 7.14. The van der Waals surface area contributed by atoms with Crippen LogP contribution >= 0.6 is 0 Å². The summed E-state index contributed by atoms with van der Waals surface area (Å²) in [4.78, 5) is 25.3. The van der Waals surface area contributed by atoms with Crippen LogP contribution in [-0.2, 0) is 9.53 Å². The summed E-state index contributed by atoms with van der Waals surface area (Å²) < 4.78 is 4.77. The molecule has 3 aliphatic rings. The summed E-state index contributed by atoms with van der Waals surface area (Å²) in [5, 5.41) is 3.17. The highest BCUT2D eigenvalue weighted by Crippen LogP contribution is 2.63. The number of benzene rings is 1. The molecule has 32 heavy (non-hydrogen) atoms. The van der Waals surface area contributed by atoms with Gasteiger partial charge in [0.25, 0.3) is 0 Å². The van der Waals surface area contributed by atoms with Gasteiger partial charge in [0.15, 0.2) is 0 Å². The first kappa shape index (κ1) is 23.1. The van der Waals surface area contributed by atoms with Crippen LogP contribution in [0, 0.1) is 34.5 Å². The number of amides is 1. The lowest BCUT2D eigenvalue weighted by atomic mass is 9.46. The molecule has 1 aromatic carbocycles. The predicted molar refractivity (Wildman–Crippen MR) is 128 cm³/mol. The number of anilines is 1. The number of carbonyl (C=O) groups excluding carboxylic acids is 2. The van der Waals surface area contributed by atoms with E-state index in [0.29, 0.717) is 17.4 Å². The molecule has 1 aromatic rings. The van der Waals surface area contributed by atoms with Gasteiger partial charge < -0.3 is 10.1 Å². The first-order chi connectivity index (χ1) is 15.2. The molecule has 1 N–H and O–H groups in total. The highest BCUT2D eigenvalue weighted by molar-refractivity contribution is 5.96. The Labute approximate surface area is 193 Å². The Morgan fingerprint density at radius 3 is 2.47 bits per heavy atom. The van der Waals surface area contributed by atoms with Crippen molar-refractivity contribution >= 4 is 17.6 Å². The topological polar surface area (TPSA) is 55.4 Å². The van der Waals surface area contributed by atoms with Crippen molar-refractivity contribution in [1.82, 2.24) is 0 Å². The molecule has 0 spiro atoms. The third-order valence-corrected chi connectivity index (χ3v) is 9.19. The zero-order valence-electron chi connectivity index (χ0n) is 20.4. The van der Waals surface area contributed by atoms with E-state index in [1.165, 1.54) is 32.8 Å². The average molecular weight is 438 g/mol. The predicted octanol–water partition coefficient (Wildman–Crippen LogP) is 6.63. The van der Waals surface area contributed by atoms with E-state index in [1.54, 1.807) is 29.8 Å². The molecule has 3 aliphatic carbocycles. The van der Waals surface area contributed by atoms with Crippen LogP contribution in [0.1, 0.15) is 83.0 Å². The minimum Gasteiger partial charge on any atom is -0.465 e. The van der Waals surface area contributed by atoms with E-state index in [2.05, 4.69) is 39.1 Å². The Bertz CT molecular complexity index is 902. The van der Waals surface area contributed by atoms with E-state index in [-0.39, 0.29) is 22.7 Å². The molecule has 0 saturated heterocycles. The average Bonchev–Trinajstić information content (AvgIpc) is 2.78. The Balaban J connectivity index is 1.55. The van der Waals surface area contributed by atoms with Crippen LogP contribution in [-0.4, -0.2) is 19.0 Å². The van der Waals surface area contributed by atoms with Gasteiger partial charge in [0.2, 0.25) is 5.91 Å². The van der Waals surface area contributed by atoms with Gasteiger partial charge in [-0.3, -0.25) is 4.79 Å². The van der Waals surface area contributed by atoms with Gasteiger partial charge in [-0.25, -0.2) is 4.79 Å². The van der Waals surface area contributed by atoms with Crippen molar-refractivity contribution in [3.63, 3.8) is 0 Å². The molecule has 0 radical (unpaired) electrons. The van der Waals surface area contributed by atoms with E-state index in [0.717, 1.165) is 36.8 Å². The number of rotatable bonds is 4. The monoisotopic (exact) mass is 437 g/mol. The minimum atomic E-state index is -0.384. The second-order valence-electron chi connectivity index (χ2n) is 11.2. The zero-order chi connectivity index (χ0) is 23.1. The lowest BCUT2D eigenvalue weighted by Crippen LogP contribution is -2.54. The second-order valence-corrected chi connectivity index (χ2v) is 11.2. The number of allylic oxidation sites excluding steroid dienone is 2. The molecule has 4 nitrogen and oxygen atoms in total. The molecule has 0 aromatic heterocycles. The van der Waals surface area contributed by atoms with E-state index in [9.17, 15) is 9.59 Å². The molecule has 2 saturated carbocycles. The maximum Gasteiger partial charge on any atom is 0.337 e. The van der Waals surface area contributed by atoms with Crippen LogP contribution < -0.4 is 5.32 Å². The number of hydrogen-bond donors (Lipinski definition) is 1. The van der Waals surface area contributed by atoms with Gasteiger partial charge in [-0.1, -0.05) is 45.8 Å². The van der Waals surface area contributed by atoms with Crippen molar-refractivity contribution in [3.8, 4) is 0 Å². The van der Waals surface area contributed by atoms with Crippen LogP contribution in [0.25, 0.3) is 0 Å². The van der Waals surface area contributed by atoms with E-state index < -0.39 is 0 Å². The molecular formula is C28H39NO3. The Kier molecular flexibility index (Phi) is 6.26. The maximum absolute atomic E-state index is 13.6. The second kappa shape index (κ2) is 8.68. The molecule has 5 atom stereocenters. The van der Waals surface area contributed by atoms with Gasteiger partial charge in [-0.2, -0.15) is 0 Å². The SMILES string of the molecule is COC(=O)c1ccc(NC(=O)[C@]2(C)CCC[C@@]3(C)[C@H]2CC=C2CC(C(C)C)CC[C@@H]23)cc1. The van der Waals surface area contributed by atoms with Crippen molar-refractivity contribution in [3.05, 3.63) is 41.5 Å². The lowest BCUT2D eigenvalue weighted by Gasteiger charge is -2.58. The third kappa shape index (κ3) is 3.91. The standard InChI is InChI=1S/C28H39NO3/c1-18(2)20-9-13-23-21(17-20)10-14-24-27(23,3)15-6-16-28(24,4)26(31)29-22-11-7-19(8-12-22)25(30)32-5/h7-8,10-12,18,20,23-24H,6,9,13-17H2,1-5H3,(H,29,31)/t20?,23-,24+,27+,28+/m0/s1. The molecule has 0 bridgehead atoms. The fourth-order valence-electron chi connectivity index (χ4n) is 7.14. The van der Waals surface area contributed by atoms with Gasteiger partial charge in [0, 0.05) is 5.69 Å². The Morgan fingerprint density at radius 2 is 1.81 bits per heavy atom. The van der Waals surface area contributed by atoms with Crippen LogP contribution in [0.2, 0.25) is 0 Å². The summed E-state index contributed by atoms with van der Waals surface area (Å²) >= 11 is 0. The molecule has 1 unspecified atom stereocenters. The molecule has 174 valence electrons.